The smallest absolute Gasteiger partial charge is 0.411 e. The van der Waals surface area contributed by atoms with E-state index in [0.717, 1.165) is 0 Å². The van der Waals surface area contributed by atoms with Crippen LogP contribution in [0.3, 0.4) is 0 Å². The average molecular weight is 305 g/mol. The Hall–Kier alpha value is -1.51. The first-order valence-electron chi connectivity index (χ1n) is 8.28. The first-order chi connectivity index (χ1) is 10.4. The number of allylic oxidation sites excluding steroid dienone is 1. The number of nitrogens with zero attached hydrogens (tertiary/aromatic N) is 1. The van der Waals surface area contributed by atoms with Crippen LogP contribution in [0.5, 0.6) is 0 Å². The molecule has 1 rings (SSSR count). The highest BCUT2D eigenvalue weighted by Crippen LogP contribution is 2.25. The molecule has 0 N–H and O–H groups in total. The van der Waals surface area contributed by atoms with Gasteiger partial charge in [-0.2, -0.15) is 0 Å². The van der Waals surface area contributed by atoms with Gasteiger partial charge in [-0.05, 0) is 39.5 Å². The molecule has 0 unspecified atom stereocenters. The number of ether oxygens (including phenoxy) is 1. The molecule has 0 aliphatic heterocycles. The van der Waals surface area contributed by atoms with Crippen molar-refractivity contribution < 1.29 is 9.53 Å². The molecule has 0 saturated heterocycles. The maximum atomic E-state index is 12.4. The van der Waals surface area contributed by atoms with Crippen LogP contribution in [-0.4, -0.2) is 29.2 Å². The lowest BCUT2D eigenvalue weighted by molar-refractivity contribution is 0.0253. The summed E-state index contributed by atoms with van der Waals surface area (Å²) in [5.74, 6) is 0.625. The lowest BCUT2D eigenvalue weighted by Gasteiger charge is -2.30. The zero-order valence-corrected chi connectivity index (χ0v) is 14.4. The standard InChI is InChI=1S/C19H31NO2/c1-6-15-20(18(21)22-19(3,4)5)17(7-2)14-13-16-11-9-8-10-12-16/h6-7,13-14,16-17H,1-2,8-12,15H2,3-5H3/b14-13+/t17-/m0/s1. The van der Waals surface area contributed by atoms with Crippen molar-refractivity contribution in [3.8, 4) is 0 Å². The van der Waals surface area contributed by atoms with Gasteiger partial charge in [-0.25, -0.2) is 4.79 Å². The Kier molecular flexibility index (Phi) is 7.43. The molecule has 1 amide bonds. The Balaban J connectivity index is 2.76. The van der Waals surface area contributed by atoms with E-state index in [1.165, 1.54) is 32.1 Å². The molecular weight excluding hydrogens is 274 g/mol. The Morgan fingerprint density at radius 2 is 1.91 bits per heavy atom. The maximum Gasteiger partial charge on any atom is 0.411 e. The fourth-order valence-electron chi connectivity index (χ4n) is 2.68. The van der Waals surface area contributed by atoms with Crippen LogP contribution in [0.1, 0.15) is 52.9 Å². The van der Waals surface area contributed by atoms with Crippen LogP contribution in [0, 0.1) is 5.92 Å². The second-order valence-electron chi connectivity index (χ2n) is 6.93. The second-order valence-corrected chi connectivity index (χ2v) is 6.93. The third-order valence-corrected chi connectivity index (χ3v) is 3.79. The summed E-state index contributed by atoms with van der Waals surface area (Å²) in [6.45, 7) is 13.7. The van der Waals surface area contributed by atoms with E-state index in [4.69, 9.17) is 4.74 Å². The number of carbonyl (C=O) groups is 1. The number of hydrogen-bond acceptors (Lipinski definition) is 2. The molecule has 0 radical (unpaired) electrons. The van der Waals surface area contributed by atoms with Gasteiger partial charge in [0.1, 0.15) is 5.60 Å². The first kappa shape index (κ1) is 18.5. The fourth-order valence-corrected chi connectivity index (χ4v) is 2.68. The van der Waals surface area contributed by atoms with E-state index >= 15 is 0 Å². The quantitative estimate of drug-likeness (QED) is 0.639. The highest BCUT2D eigenvalue weighted by molar-refractivity contribution is 5.69. The predicted molar refractivity (Wildman–Crippen MR) is 92.8 cm³/mol. The summed E-state index contributed by atoms with van der Waals surface area (Å²) < 4.78 is 5.48. The van der Waals surface area contributed by atoms with Crippen molar-refractivity contribution in [2.24, 2.45) is 5.92 Å². The zero-order valence-electron chi connectivity index (χ0n) is 14.4. The molecule has 1 atom stereocenters. The third-order valence-electron chi connectivity index (χ3n) is 3.79. The second kappa shape index (κ2) is 8.82. The van der Waals surface area contributed by atoms with Gasteiger partial charge in [0.15, 0.2) is 0 Å². The van der Waals surface area contributed by atoms with Gasteiger partial charge < -0.3 is 4.74 Å². The Morgan fingerprint density at radius 3 is 2.41 bits per heavy atom. The topological polar surface area (TPSA) is 29.5 Å². The summed E-state index contributed by atoms with van der Waals surface area (Å²) in [6, 6.07) is -0.158. The molecule has 0 aromatic carbocycles. The van der Waals surface area contributed by atoms with Crippen LogP contribution in [0.4, 0.5) is 4.79 Å². The van der Waals surface area contributed by atoms with Crippen LogP contribution in [0.15, 0.2) is 37.5 Å². The summed E-state index contributed by atoms with van der Waals surface area (Å²) >= 11 is 0. The van der Waals surface area contributed by atoms with E-state index in [9.17, 15) is 4.79 Å². The average Bonchev–Trinajstić information content (AvgIpc) is 2.46. The van der Waals surface area contributed by atoms with E-state index in [0.29, 0.717) is 12.5 Å². The largest absolute Gasteiger partial charge is 0.444 e. The van der Waals surface area contributed by atoms with Gasteiger partial charge in [0.25, 0.3) is 0 Å². The molecule has 0 heterocycles. The van der Waals surface area contributed by atoms with E-state index < -0.39 is 5.60 Å². The number of hydrogen-bond donors (Lipinski definition) is 0. The molecule has 3 heteroatoms. The van der Waals surface area contributed by atoms with Gasteiger partial charge >= 0.3 is 6.09 Å². The van der Waals surface area contributed by atoms with Crippen LogP contribution < -0.4 is 0 Å². The molecular formula is C19H31NO2. The minimum atomic E-state index is -0.505. The SMILES string of the molecule is C=CCN(C(=O)OC(C)(C)C)[C@@H](C=C)/C=C/C1CCCCC1. The van der Waals surface area contributed by atoms with Gasteiger partial charge in [0.2, 0.25) is 0 Å². The Bertz CT molecular complexity index is 400. The molecule has 1 aliphatic carbocycles. The Labute approximate surface area is 135 Å². The van der Waals surface area contributed by atoms with E-state index in [1.807, 2.05) is 20.8 Å². The van der Waals surface area contributed by atoms with Gasteiger partial charge in [-0.15, -0.1) is 13.2 Å². The first-order valence-corrected chi connectivity index (χ1v) is 8.28. The molecule has 3 nitrogen and oxygen atoms in total. The Morgan fingerprint density at radius 1 is 1.27 bits per heavy atom. The zero-order chi connectivity index (χ0) is 16.6. The summed E-state index contributed by atoms with van der Waals surface area (Å²) in [5.41, 5.74) is -0.505. The monoisotopic (exact) mass is 305 g/mol. The number of carbonyl (C=O) groups excluding carboxylic acids is 1. The van der Waals surface area contributed by atoms with Crippen molar-refractivity contribution in [3.63, 3.8) is 0 Å². The molecule has 0 aromatic rings. The number of rotatable bonds is 6. The normalized spacial score (nSPS) is 18.0. The predicted octanol–water partition coefficient (Wildman–Crippen LogP) is 5.10. The van der Waals surface area contributed by atoms with E-state index in [2.05, 4.69) is 25.3 Å². The molecule has 1 aliphatic rings. The van der Waals surface area contributed by atoms with Crippen LogP contribution in [-0.2, 0) is 4.74 Å². The molecule has 0 bridgehead atoms. The minimum Gasteiger partial charge on any atom is -0.444 e. The summed E-state index contributed by atoms with van der Waals surface area (Å²) in [7, 11) is 0. The van der Waals surface area contributed by atoms with Crippen molar-refractivity contribution in [3.05, 3.63) is 37.5 Å². The van der Waals surface area contributed by atoms with Crippen molar-refractivity contribution in [2.45, 2.75) is 64.5 Å². The van der Waals surface area contributed by atoms with Crippen molar-refractivity contribution in [2.75, 3.05) is 6.54 Å². The van der Waals surface area contributed by atoms with Gasteiger partial charge in [0.05, 0.1) is 6.04 Å². The summed E-state index contributed by atoms with van der Waals surface area (Å²) in [6.07, 6.45) is 13.9. The lowest BCUT2D eigenvalue weighted by Crippen LogP contribution is -2.42. The molecule has 1 saturated carbocycles. The molecule has 0 aromatic heterocycles. The highest BCUT2D eigenvalue weighted by Gasteiger charge is 2.25. The summed E-state index contributed by atoms with van der Waals surface area (Å²) in [5, 5.41) is 0. The van der Waals surface area contributed by atoms with E-state index in [-0.39, 0.29) is 12.1 Å². The maximum absolute atomic E-state index is 12.4. The molecule has 124 valence electrons. The number of amides is 1. The third kappa shape index (κ3) is 6.50. The lowest BCUT2D eigenvalue weighted by atomic mass is 9.88. The van der Waals surface area contributed by atoms with E-state index in [1.54, 1.807) is 17.1 Å². The summed E-state index contributed by atoms with van der Waals surface area (Å²) in [4.78, 5) is 14.0. The van der Waals surface area contributed by atoms with Crippen molar-refractivity contribution in [1.29, 1.82) is 0 Å². The van der Waals surface area contributed by atoms with Crippen molar-refractivity contribution >= 4 is 6.09 Å². The van der Waals surface area contributed by atoms with Crippen LogP contribution in [0.25, 0.3) is 0 Å². The van der Waals surface area contributed by atoms with Crippen molar-refractivity contribution in [1.82, 2.24) is 4.90 Å². The molecule has 0 spiro atoms. The van der Waals surface area contributed by atoms with Crippen LogP contribution >= 0.6 is 0 Å². The van der Waals surface area contributed by atoms with Gasteiger partial charge in [0, 0.05) is 6.54 Å². The highest BCUT2D eigenvalue weighted by atomic mass is 16.6. The van der Waals surface area contributed by atoms with Gasteiger partial charge in [-0.1, -0.05) is 43.6 Å². The molecule has 22 heavy (non-hydrogen) atoms. The minimum absolute atomic E-state index is 0.158. The van der Waals surface area contributed by atoms with Gasteiger partial charge in [-0.3, -0.25) is 4.90 Å². The van der Waals surface area contributed by atoms with Crippen LogP contribution in [0.2, 0.25) is 0 Å². The molecule has 1 fully saturated rings. The fraction of sp³-hybridized carbons (Fsp3) is 0.632.